The largest absolute Gasteiger partial charge is 0.491 e. The molecule has 0 radical (unpaired) electrons. The van der Waals surface area contributed by atoms with E-state index in [0.717, 1.165) is 56.1 Å². The van der Waals surface area contributed by atoms with Gasteiger partial charge in [0.1, 0.15) is 18.0 Å². The van der Waals surface area contributed by atoms with E-state index in [9.17, 15) is 5.11 Å². The third kappa shape index (κ3) is 7.08. The van der Waals surface area contributed by atoms with Gasteiger partial charge in [-0.25, -0.2) is 0 Å². The summed E-state index contributed by atoms with van der Waals surface area (Å²) in [6.45, 7) is 9.52. The van der Waals surface area contributed by atoms with Crippen LogP contribution in [0, 0.1) is 0 Å². The molecular formula is C27H43ClO6. The van der Waals surface area contributed by atoms with Crippen molar-refractivity contribution in [1.82, 2.24) is 0 Å². The van der Waals surface area contributed by atoms with Crippen LogP contribution in [0.15, 0.2) is 6.07 Å². The highest BCUT2D eigenvalue weighted by Crippen LogP contribution is 2.44. The molecule has 2 aliphatic rings. The number of aliphatic hydroxyl groups excluding tert-OH is 1. The first kappa shape index (κ1) is 27.7. The highest BCUT2D eigenvalue weighted by Gasteiger charge is 2.42. The molecule has 6 nitrogen and oxygen atoms in total. The zero-order chi connectivity index (χ0) is 24.3. The molecule has 7 heteroatoms. The van der Waals surface area contributed by atoms with Crippen molar-refractivity contribution in [3.05, 3.63) is 27.8 Å². The maximum atomic E-state index is 9.90. The van der Waals surface area contributed by atoms with Crippen LogP contribution in [0.2, 0.25) is 5.02 Å². The van der Waals surface area contributed by atoms with Gasteiger partial charge in [0.05, 0.1) is 37.1 Å². The van der Waals surface area contributed by atoms with Crippen molar-refractivity contribution in [2.45, 2.75) is 103 Å². The zero-order valence-corrected chi connectivity index (χ0v) is 21.9. The van der Waals surface area contributed by atoms with Crippen LogP contribution in [0.1, 0.15) is 88.5 Å². The quantitative estimate of drug-likeness (QED) is 0.309. The molecular weight excluding hydrogens is 456 g/mol. The number of hydrogen-bond acceptors (Lipinski definition) is 6. The third-order valence-corrected chi connectivity index (χ3v) is 7.04. The summed E-state index contributed by atoms with van der Waals surface area (Å²) in [6.07, 6.45) is 7.08. The molecule has 0 amide bonds. The molecule has 2 heterocycles. The molecule has 0 spiro atoms. The molecule has 0 saturated carbocycles. The number of unbranched alkanes of at least 4 members (excludes halogenated alkanes) is 3. The highest BCUT2D eigenvalue weighted by molar-refractivity contribution is 6.33. The molecule has 2 aliphatic heterocycles. The highest BCUT2D eigenvalue weighted by atomic mass is 35.5. The number of ether oxygens (including phenoxy) is 5. The normalized spacial score (nSPS) is 24.3. The smallest absolute Gasteiger partial charge is 0.141 e. The van der Waals surface area contributed by atoms with Crippen LogP contribution in [0.3, 0.4) is 0 Å². The van der Waals surface area contributed by atoms with Crippen LogP contribution in [0.4, 0.5) is 0 Å². The van der Waals surface area contributed by atoms with Crippen molar-refractivity contribution >= 4 is 11.6 Å². The van der Waals surface area contributed by atoms with E-state index >= 15 is 0 Å². The fraction of sp³-hybridized carbons (Fsp3) is 0.778. The molecule has 0 unspecified atom stereocenters. The standard InChI is InChI=1S/C27H43ClO6/c1-4-7-11-30-18-24-27(32-13-9-6-3)23(31-12-8-5-2)16-22(34-24)21-15-19(17-29)25(28)26-20(21)10-14-33-26/h15,22-24,27,29H,4-14,16-18H2,1-3H3/t22-,23-,24-,27+/m1/s1. The topological polar surface area (TPSA) is 66.4 Å². The van der Waals surface area contributed by atoms with E-state index in [1.807, 2.05) is 6.07 Å². The second-order valence-corrected chi connectivity index (χ2v) is 9.66. The van der Waals surface area contributed by atoms with Gasteiger partial charge in [-0.05, 0) is 30.9 Å². The molecule has 1 aromatic rings. The predicted octanol–water partition coefficient (Wildman–Crippen LogP) is 5.78. The van der Waals surface area contributed by atoms with E-state index in [2.05, 4.69) is 20.8 Å². The lowest BCUT2D eigenvalue weighted by molar-refractivity contribution is -0.216. The van der Waals surface area contributed by atoms with E-state index in [0.29, 0.717) is 55.8 Å². The molecule has 1 saturated heterocycles. The molecule has 0 aromatic heterocycles. The number of hydrogen-bond donors (Lipinski definition) is 1. The Labute approximate surface area is 210 Å². The third-order valence-electron chi connectivity index (χ3n) is 6.63. The molecule has 0 bridgehead atoms. The van der Waals surface area contributed by atoms with E-state index < -0.39 is 0 Å². The van der Waals surface area contributed by atoms with Gasteiger partial charge < -0.3 is 28.8 Å². The molecule has 1 aromatic carbocycles. The van der Waals surface area contributed by atoms with Crippen LogP contribution in [-0.2, 0) is 32.0 Å². The molecule has 34 heavy (non-hydrogen) atoms. The summed E-state index contributed by atoms with van der Waals surface area (Å²) >= 11 is 6.51. The van der Waals surface area contributed by atoms with Gasteiger partial charge in [-0.3, -0.25) is 0 Å². The summed E-state index contributed by atoms with van der Waals surface area (Å²) in [6, 6.07) is 1.98. The summed E-state index contributed by atoms with van der Waals surface area (Å²) in [5.74, 6) is 0.687. The van der Waals surface area contributed by atoms with Gasteiger partial charge in [0.25, 0.3) is 0 Å². The number of rotatable bonds is 15. The maximum Gasteiger partial charge on any atom is 0.141 e. The Morgan fingerprint density at radius 2 is 1.74 bits per heavy atom. The van der Waals surface area contributed by atoms with E-state index in [1.165, 1.54) is 0 Å². The van der Waals surface area contributed by atoms with Crippen molar-refractivity contribution in [2.24, 2.45) is 0 Å². The van der Waals surface area contributed by atoms with Crippen molar-refractivity contribution in [3.63, 3.8) is 0 Å². The molecule has 1 fully saturated rings. The van der Waals surface area contributed by atoms with Crippen LogP contribution >= 0.6 is 11.6 Å². The average molecular weight is 499 g/mol. The van der Waals surface area contributed by atoms with Crippen molar-refractivity contribution in [1.29, 1.82) is 0 Å². The van der Waals surface area contributed by atoms with Crippen LogP contribution < -0.4 is 4.74 Å². The first-order valence-corrected chi connectivity index (χ1v) is 13.6. The second-order valence-electron chi connectivity index (χ2n) is 9.28. The SMILES string of the molecule is CCCCOC[C@H]1O[C@@H](c2cc(CO)c(Cl)c3c2CCO3)C[C@@H](OCCCC)[C@@H]1OCCCC. The van der Waals surface area contributed by atoms with Gasteiger partial charge >= 0.3 is 0 Å². The van der Waals surface area contributed by atoms with Gasteiger partial charge in [0.15, 0.2) is 0 Å². The predicted molar refractivity (Wildman–Crippen MR) is 134 cm³/mol. The number of aliphatic hydroxyl groups is 1. The van der Waals surface area contributed by atoms with Gasteiger partial charge in [-0.1, -0.05) is 51.6 Å². The number of benzene rings is 1. The van der Waals surface area contributed by atoms with Crippen molar-refractivity contribution in [2.75, 3.05) is 33.0 Å². The van der Waals surface area contributed by atoms with Gasteiger partial charge in [-0.2, -0.15) is 0 Å². The Morgan fingerprint density at radius 3 is 2.44 bits per heavy atom. The van der Waals surface area contributed by atoms with Gasteiger partial charge in [0.2, 0.25) is 0 Å². The fourth-order valence-corrected chi connectivity index (χ4v) is 4.93. The summed E-state index contributed by atoms with van der Waals surface area (Å²) < 4.78 is 31.3. The second kappa shape index (κ2) is 14.6. The Balaban J connectivity index is 1.87. The average Bonchev–Trinajstić information content (AvgIpc) is 3.34. The molecule has 4 atom stereocenters. The summed E-state index contributed by atoms with van der Waals surface area (Å²) in [5, 5.41) is 10.4. The summed E-state index contributed by atoms with van der Waals surface area (Å²) in [7, 11) is 0. The minimum atomic E-state index is -0.231. The van der Waals surface area contributed by atoms with E-state index in [4.69, 9.17) is 35.3 Å². The molecule has 0 aliphatic carbocycles. The number of fused-ring (bicyclic) bond motifs is 1. The van der Waals surface area contributed by atoms with E-state index in [-0.39, 0.29) is 31.0 Å². The lowest BCUT2D eigenvalue weighted by Crippen LogP contribution is -2.50. The van der Waals surface area contributed by atoms with E-state index in [1.54, 1.807) is 0 Å². The first-order chi connectivity index (χ1) is 16.6. The summed E-state index contributed by atoms with van der Waals surface area (Å²) in [5.41, 5.74) is 2.78. The number of halogens is 1. The minimum absolute atomic E-state index is 0.0897. The Hall–Kier alpha value is -0.890. The first-order valence-electron chi connectivity index (χ1n) is 13.2. The van der Waals surface area contributed by atoms with Crippen molar-refractivity contribution < 1.29 is 28.8 Å². The fourth-order valence-electron chi connectivity index (χ4n) is 4.64. The van der Waals surface area contributed by atoms with Crippen LogP contribution in [0.25, 0.3) is 0 Å². The molecule has 3 rings (SSSR count). The van der Waals surface area contributed by atoms with Crippen LogP contribution in [-0.4, -0.2) is 56.5 Å². The molecule has 1 N–H and O–H groups in total. The Bertz CT molecular complexity index is 742. The lowest BCUT2D eigenvalue weighted by Gasteiger charge is -2.42. The Morgan fingerprint density at radius 1 is 1.03 bits per heavy atom. The monoisotopic (exact) mass is 498 g/mol. The van der Waals surface area contributed by atoms with Crippen molar-refractivity contribution in [3.8, 4) is 5.75 Å². The zero-order valence-electron chi connectivity index (χ0n) is 21.2. The minimum Gasteiger partial charge on any atom is -0.491 e. The maximum absolute atomic E-state index is 9.90. The van der Waals surface area contributed by atoms with Gasteiger partial charge in [0, 0.05) is 43.8 Å². The lowest BCUT2D eigenvalue weighted by atomic mass is 9.89. The summed E-state index contributed by atoms with van der Waals surface area (Å²) in [4.78, 5) is 0. The Kier molecular flexibility index (Phi) is 11.9. The van der Waals surface area contributed by atoms with Gasteiger partial charge in [-0.15, -0.1) is 0 Å². The van der Waals surface area contributed by atoms with Crippen LogP contribution in [0.5, 0.6) is 5.75 Å². The molecule has 194 valence electrons.